The Bertz CT molecular complexity index is 753. The molecule has 0 N–H and O–H groups in total. The third kappa shape index (κ3) is 3.77. The minimum atomic E-state index is 1.01. The van der Waals surface area contributed by atoms with E-state index in [0.29, 0.717) is 0 Å². The average Bonchev–Trinajstić information content (AvgIpc) is 3.18. The van der Waals surface area contributed by atoms with Gasteiger partial charge in [-0.15, -0.1) is 11.3 Å². The highest BCUT2D eigenvalue weighted by molar-refractivity contribution is 7.09. The van der Waals surface area contributed by atoms with Crippen molar-refractivity contribution in [2.75, 3.05) is 26.2 Å². The van der Waals surface area contributed by atoms with Gasteiger partial charge in [0.05, 0.1) is 11.7 Å². The molecule has 1 saturated heterocycles. The summed E-state index contributed by atoms with van der Waals surface area (Å²) in [4.78, 5) is 6.62. The van der Waals surface area contributed by atoms with Crippen LogP contribution in [0, 0.1) is 0 Å². The zero-order valence-electron chi connectivity index (χ0n) is 13.0. The van der Waals surface area contributed by atoms with Crippen LogP contribution in [-0.2, 0) is 13.1 Å². The molecule has 0 unspecified atom stereocenters. The molecule has 0 amide bonds. The van der Waals surface area contributed by atoms with Crippen LogP contribution in [-0.4, -0.2) is 44.7 Å². The molecule has 6 heteroatoms. The molecule has 120 valence electrons. The number of rotatable bonds is 4. The fourth-order valence-corrected chi connectivity index (χ4v) is 4.41. The van der Waals surface area contributed by atoms with Crippen LogP contribution in [0.5, 0.6) is 0 Å². The summed E-state index contributed by atoms with van der Waals surface area (Å²) in [6.45, 7) is 6.77. The largest absolute Gasteiger partial charge is 0.298 e. The lowest BCUT2D eigenvalue weighted by Crippen LogP contribution is -2.30. The van der Waals surface area contributed by atoms with Crippen LogP contribution in [0.3, 0.4) is 0 Å². The Balaban J connectivity index is 1.36. The molecule has 0 bridgehead atoms. The summed E-state index contributed by atoms with van der Waals surface area (Å²) in [7, 11) is 0. The van der Waals surface area contributed by atoms with Gasteiger partial charge in [0, 0.05) is 31.1 Å². The summed E-state index contributed by atoms with van der Waals surface area (Å²) in [5.74, 6) is 0. The van der Waals surface area contributed by atoms with Crippen LogP contribution in [0.25, 0.3) is 11.0 Å². The van der Waals surface area contributed by atoms with Crippen molar-refractivity contribution < 1.29 is 0 Å². The molecule has 0 aliphatic carbocycles. The number of hydrogen-bond acceptors (Lipinski definition) is 6. The van der Waals surface area contributed by atoms with Crippen LogP contribution < -0.4 is 0 Å². The van der Waals surface area contributed by atoms with Crippen molar-refractivity contribution in [3.63, 3.8) is 0 Å². The zero-order valence-corrected chi connectivity index (χ0v) is 14.7. The molecule has 0 spiro atoms. The van der Waals surface area contributed by atoms with Gasteiger partial charge in [-0.25, -0.2) is 0 Å². The van der Waals surface area contributed by atoms with E-state index in [9.17, 15) is 0 Å². The summed E-state index contributed by atoms with van der Waals surface area (Å²) in [6, 6.07) is 10.9. The fourth-order valence-electron chi connectivity index (χ4n) is 3.15. The molecule has 2 aromatic heterocycles. The van der Waals surface area contributed by atoms with E-state index in [1.807, 2.05) is 11.3 Å². The van der Waals surface area contributed by atoms with Gasteiger partial charge in [0.15, 0.2) is 0 Å². The predicted molar refractivity (Wildman–Crippen MR) is 96.9 cm³/mol. The third-order valence-corrected chi connectivity index (χ3v) is 5.78. The molecule has 23 heavy (non-hydrogen) atoms. The smallest absolute Gasteiger partial charge is 0.105 e. The molecule has 1 aromatic carbocycles. The molecule has 3 aromatic rings. The lowest BCUT2D eigenvalue weighted by molar-refractivity contribution is 0.248. The van der Waals surface area contributed by atoms with Gasteiger partial charge in [0.25, 0.3) is 0 Å². The van der Waals surface area contributed by atoms with Gasteiger partial charge in [-0.05, 0) is 48.7 Å². The van der Waals surface area contributed by atoms with Crippen molar-refractivity contribution in [2.45, 2.75) is 19.5 Å². The Kier molecular flexibility index (Phi) is 4.66. The molecule has 0 saturated carbocycles. The standard InChI is InChI=1S/C17H20N4S2/c1-3-15(22-10-1)13-21-7-2-6-20(8-9-21)12-14-4-5-16-17(11-14)19-23-18-16/h1,3-5,10-11H,2,6-9,12-13H2. The van der Waals surface area contributed by atoms with Crippen molar-refractivity contribution in [2.24, 2.45) is 0 Å². The molecule has 1 aliphatic heterocycles. The molecule has 4 rings (SSSR count). The first-order valence-corrected chi connectivity index (χ1v) is 9.66. The summed E-state index contributed by atoms with van der Waals surface area (Å²) in [5, 5.41) is 2.17. The Labute approximate surface area is 144 Å². The molecular weight excluding hydrogens is 324 g/mol. The quantitative estimate of drug-likeness (QED) is 0.725. The van der Waals surface area contributed by atoms with Crippen LogP contribution in [0.15, 0.2) is 35.7 Å². The molecule has 4 nitrogen and oxygen atoms in total. The first-order valence-electron chi connectivity index (χ1n) is 8.05. The summed E-state index contributed by atoms with van der Waals surface area (Å²) < 4.78 is 8.63. The fraction of sp³-hybridized carbons (Fsp3) is 0.412. The van der Waals surface area contributed by atoms with E-state index in [0.717, 1.165) is 37.2 Å². The van der Waals surface area contributed by atoms with E-state index >= 15 is 0 Å². The molecule has 0 radical (unpaired) electrons. The van der Waals surface area contributed by atoms with Crippen molar-refractivity contribution in [1.82, 2.24) is 18.5 Å². The minimum Gasteiger partial charge on any atom is -0.298 e. The second-order valence-electron chi connectivity index (χ2n) is 6.07. The average molecular weight is 345 g/mol. The van der Waals surface area contributed by atoms with Crippen molar-refractivity contribution in [1.29, 1.82) is 0 Å². The lowest BCUT2D eigenvalue weighted by Gasteiger charge is -2.21. The van der Waals surface area contributed by atoms with Crippen molar-refractivity contribution >= 4 is 34.1 Å². The molecule has 0 atom stereocenters. The van der Waals surface area contributed by atoms with Crippen molar-refractivity contribution in [3.8, 4) is 0 Å². The predicted octanol–water partition coefficient (Wildman–Crippen LogP) is 3.46. The second-order valence-corrected chi connectivity index (χ2v) is 7.63. The number of hydrogen-bond donors (Lipinski definition) is 0. The Morgan fingerprint density at radius 2 is 1.74 bits per heavy atom. The highest BCUT2D eigenvalue weighted by Gasteiger charge is 2.15. The maximum atomic E-state index is 4.35. The Morgan fingerprint density at radius 1 is 0.913 bits per heavy atom. The van der Waals surface area contributed by atoms with Crippen LogP contribution >= 0.6 is 23.1 Å². The highest BCUT2D eigenvalue weighted by Crippen LogP contribution is 2.17. The highest BCUT2D eigenvalue weighted by atomic mass is 32.1. The number of fused-ring (bicyclic) bond motifs is 1. The van der Waals surface area contributed by atoms with Gasteiger partial charge in [0.2, 0.25) is 0 Å². The number of benzene rings is 1. The van der Waals surface area contributed by atoms with E-state index in [1.54, 1.807) is 0 Å². The normalized spacial score (nSPS) is 17.6. The summed E-state index contributed by atoms with van der Waals surface area (Å²) >= 11 is 3.16. The van der Waals surface area contributed by atoms with Gasteiger partial charge in [0.1, 0.15) is 11.0 Å². The first-order chi connectivity index (χ1) is 11.4. The topological polar surface area (TPSA) is 32.3 Å². The van der Waals surface area contributed by atoms with E-state index < -0.39 is 0 Å². The first kappa shape index (κ1) is 15.2. The maximum Gasteiger partial charge on any atom is 0.105 e. The van der Waals surface area contributed by atoms with Crippen molar-refractivity contribution in [3.05, 3.63) is 46.2 Å². The third-order valence-electron chi connectivity index (χ3n) is 4.37. The number of aromatic nitrogens is 2. The van der Waals surface area contributed by atoms with Gasteiger partial charge in [-0.3, -0.25) is 9.80 Å². The summed E-state index contributed by atoms with van der Waals surface area (Å²) in [5.41, 5.74) is 3.38. The van der Waals surface area contributed by atoms with Gasteiger partial charge < -0.3 is 0 Å². The van der Waals surface area contributed by atoms with E-state index in [-0.39, 0.29) is 0 Å². The van der Waals surface area contributed by atoms with Gasteiger partial charge in [-0.2, -0.15) is 8.75 Å². The summed E-state index contributed by atoms with van der Waals surface area (Å²) in [6.07, 6.45) is 1.24. The monoisotopic (exact) mass is 344 g/mol. The molecule has 1 aliphatic rings. The number of thiophene rings is 1. The Morgan fingerprint density at radius 3 is 2.57 bits per heavy atom. The lowest BCUT2D eigenvalue weighted by atomic mass is 10.2. The SMILES string of the molecule is c1csc(CN2CCCN(Cc3ccc4nsnc4c3)CC2)c1. The molecule has 3 heterocycles. The number of nitrogens with zero attached hydrogens (tertiary/aromatic N) is 4. The van der Waals surface area contributed by atoms with Crippen LogP contribution in [0.1, 0.15) is 16.9 Å². The van der Waals surface area contributed by atoms with Gasteiger partial charge >= 0.3 is 0 Å². The second kappa shape index (κ2) is 7.05. The zero-order chi connectivity index (χ0) is 15.5. The van der Waals surface area contributed by atoms with Crippen LogP contribution in [0.4, 0.5) is 0 Å². The van der Waals surface area contributed by atoms with E-state index in [4.69, 9.17) is 0 Å². The maximum absolute atomic E-state index is 4.35. The molecule has 1 fully saturated rings. The minimum absolute atomic E-state index is 1.01. The Hall–Kier alpha value is -1.34. The van der Waals surface area contributed by atoms with Crippen LogP contribution in [0.2, 0.25) is 0 Å². The van der Waals surface area contributed by atoms with E-state index in [2.05, 4.69) is 54.3 Å². The van der Waals surface area contributed by atoms with Gasteiger partial charge in [-0.1, -0.05) is 12.1 Å². The van der Waals surface area contributed by atoms with E-state index in [1.165, 1.54) is 41.7 Å². The molecular formula is C17H20N4S2.